The quantitative estimate of drug-likeness (QED) is 0.755. The van der Waals surface area contributed by atoms with E-state index in [0.717, 1.165) is 24.1 Å². The van der Waals surface area contributed by atoms with Gasteiger partial charge in [0.2, 0.25) is 0 Å². The van der Waals surface area contributed by atoms with E-state index in [0.29, 0.717) is 0 Å². The molecule has 3 rings (SSSR count). The van der Waals surface area contributed by atoms with Gasteiger partial charge in [0.15, 0.2) is 5.75 Å². The maximum atomic E-state index is 5.84. The number of hydrogen-bond acceptors (Lipinski definition) is 2. The first-order valence-corrected chi connectivity index (χ1v) is 5.52. The van der Waals surface area contributed by atoms with Gasteiger partial charge >= 0.3 is 0 Å². The van der Waals surface area contributed by atoms with Gasteiger partial charge in [-0.05, 0) is 17.9 Å². The molecule has 2 aromatic carbocycles. The van der Waals surface area contributed by atoms with Crippen molar-refractivity contribution in [2.45, 2.75) is 6.42 Å². The normalized spacial score (nSPS) is 14.6. The molecule has 0 fully saturated rings. The van der Waals surface area contributed by atoms with E-state index in [1.807, 2.05) is 35.5 Å². The Kier molecular flexibility index (Phi) is 2.26. The zero-order valence-corrected chi connectivity index (χ0v) is 8.97. The van der Waals surface area contributed by atoms with Gasteiger partial charge in [-0.15, -0.1) is 0 Å². The molecule has 0 unspecified atom stereocenters. The Hall–Kier alpha value is -1.96. The topological polar surface area (TPSA) is 12.5 Å². The van der Waals surface area contributed by atoms with E-state index in [1.54, 1.807) is 0 Å². The lowest BCUT2D eigenvalue weighted by molar-refractivity contribution is 0.00472. The zero-order chi connectivity index (χ0) is 10.8. The molecule has 0 radical (unpaired) electrons. The molecule has 80 valence electrons. The van der Waals surface area contributed by atoms with E-state index < -0.39 is 0 Å². The predicted molar refractivity (Wildman–Crippen MR) is 65.0 cm³/mol. The number of hydroxylamine groups is 2. The van der Waals surface area contributed by atoms with Crippen LogP contribution in [0.5, 0.6) is 5.75 Å². The van der Waals surface area contributed by atoms with Crippen LogP contribution in [0.25, 0.3) is 10.8 Å². The standard InChI is InChI=1S/C14H13NO/c1-2-8-13-12(6-1)7-5-9-14(13)16-15-10-3-4-11-15/h1-3,5-10H,4,11H2. The van der Waals surface area contributed by atoms with Gasteiger partial charge < -0.3 is 4.84 Å². The number of rotatable bonds is 2. The van der Waals surface area contributed by atoms with Crippen LogP contribution in [-0.2, 0) is 0 Å². The van der Waals surface area contributed by atoms with Gasteiger partial charge in [0.05, 0.1) is 6.54 Å². The third-order valence-electron chi connectivity index (χ3n) is 2.75. The van der Waals surface area contributed by atoms with Crippen molar-refractivity contribution in [1.29, 1.82) is 0 Å². The molecule has 0 spiro atoms. The minimum Gasteiger partial charge on any atom is -0.379 e. The molecule has 1 heterocycles. The van der Waals surface area contributed by atoms with Crippen LogP contribution in [0, 0.1) is 0 Å². The van der Waals surface area contributed by atoms with Crippen molar-refractivity contribution in [3.63, 3.8) is 0 Å². The molecule has 1 aliphatic heterocycles. The molecule has 0 N–H and O–H groups in total. The summed E-state index contributed by atoms with van der Waals surface area (Å²) < 4.78 is 0. The second-order valence-corrected chi connectivity index (χ2v) is 3.88. The Balaban J connectivity index is 1.99. The molecule has 16 heavy (non-hydrogen) atoms. The van der Waals surface area contributed by atoms with Gasteiger partial charge in [-0.25, -0.2) is 5.06 Å². The van der Waals surface area contributed by atoms with Crippen molar-refractivity contribution in [1.82, 2.24) is 5.06 Å². The molecule has 0 amide bonds. The second-order valence-electron chi connectivity index (χ2n) is 3.88. The number of benzene rings is 2. The smallest absolute Gasteiger partial charge is 0.163 e. The van der Waals surface area contributed by atoms with Crippen LogP contribution in [0.4, 0.5) is 0 Å². The first kappa shape index (κ1) is 9.28. The molecule has 0 aliphatic carbocycles. The van der Waals surface area contributed by atoms with Crippen molar-refractivity contribution < 1.29 is 4.84 Å². The maximum absolute atomic E-state index is 5.84. The van der Waals surface area contributed by atoms with Gasteiger partial charge in [-0.1, -0.05) is 42.5 Å². The van der Waals surface area contributed by atoms with Crippen molar-refractivity contribution in [2.24, 2.45) is 0 Å². The first-order valence-electron chi connectivity index (χ1n) is 5.52. The Morgan fingerprint density at radius 1 is 1.00 bits per heavy atom. The van der Waals surface area contributed by atoms with Gasteiger partial charge in [0.25, 0.3) is 0 Å². The molecule has 2 nitrogen and oxygen atoms in total. The lowest BCUT2D eigenvalue weighted by atomic mass is 10.1. The molecule has 0 saturated heterocycles. The summed E-state index contributed by atoms with van der Waals surface area (Å²) in [6.45, 7) is 0.934. The average molecular weight is 211 g/mol. The summed E-state index contributed by atoms with van der Waals surface area (Å²) in [4.78, 5) is 5.84. The average Bonchev–Trinajstić information content (AvgIpc) is 2.82. The fourth-order valence-corrected chi connectivity index (χ4v) is 1.95. The summed E-state index contributed by atoms with van der Waals surface area (Å²) in [6, 6.07) is 14.4. The predicted octanol–water partition coefficient (Wildman–Crippen LogP) is 3.35. The highest BCUT2D eigenvalue weighted by molar-refractivity contribution is 5.88. The molecule has 0 atom stereocenters. The van der Waals surface area contributed by atoms with E-state index in [1.165, 1.54) is 5.39 Å². The lowest BCUT2D eigenvalue weighted by Gasteiger charge is -2.17. The number of nitrogens with zero attached hydrogens (tertiary/aromatic N) is 1. The highest BCUT2D eigenvalue weighted by Crippen LogP contribution is 2.26. The molecule has 0 saturated carbocycles. The van der Waals surface area contributed by atoms with Crippen LogP contribution in [0.15, 0.2) is 54.7 Å². The molecule has 2 aromatic rings. The van der Waals surface area contributed by atoms with Gasteiger partial charge in [0.1, 0.15) is 0 Å². The fraction of sp³-hybridized carbons (Fsp3) is 0.143. The molecule has 0 aromatic heterocycles. The summed E-state index contributed by atoms with van der Waals surface area (Å²) in [7, 11) is 0. The Morgan fingerprint density at radius 3 is 2.75 bits per heavy atom. The van der Waals surface area contributed by atoms with Crippen molar-refractivity contribution in [3.8, 4) is 5.75 Å². The molecule has 0 bridgehead atoms. The third kappa shape index (κ3) is 1.63. The highest BCUT2D eigenvalue weighted by Gasteiger charge is 2.08. The third-order valence-corrected chi connectivity index (χ3v) is 2.75. The van der Waals surface area contributed by atoms with E-state index in [9.17, 15) is 0 Å². The van der Waals surface area contributed by atoms with Crippen LogP contribution in [0.1, 0.15) is 6.42 Å². The summed E-state index contributed by atoms with van der Waals surface area (Å²) >= 11 is 0. The van der Waals surface area contributed by atoms with E-state index >= 15 is 0 Å². The monoisotopic (exact) mass is 211 g/mol. The lowest BCUT2D eigenvalue weighted by Crippen LogP contribution is -2.18. The molecule has 2 heteroatoms. The van der Waals surface area contributed by atoms with Crippen LogP contribution in [-0.4, -0.2) is 11.6 Å². The SMILES string of the molecule is C1=CN(Oc2cccc3ccccc23)CC1. The van der Waals surface area contributed by atoms with E-state index in [2.05, 4.69) is 24.3 Å². The Labute approximate surface area is 94.7 Å². The van der Waals surface area contributed by atoms with Crippen molar-refractivity contribution in [2.75, 3.05) is 6.54 Å². The summed E-state index contributed by atoms with van der Waals surface area (Å²) in [5, 5.41) is 4.25. The van der Waals surface area contributed by atoms with Crippen LogP contribution in [0.2, 0.25) is 0 Å². The van der Waals surface area contributed by atoms with Crippen LogP contribution < -0.4 is 4.84 Å². The number of hydrogen-bond donors (Lipinski definition) is 0. The molecular weight excluding hydrogens is 198 g/mol. The molecular formula is C14H13NO. The minimum absolute atomic E-state index is 0.921. The maximum Gasteiger partial charge on any atom is 0.163 e. The summed E-state index contributed by atoms with van der Waals surface area (Å²) in [6.07, 6.45) is 5.16. The fourth-order valence-electron chi connectivity index (χ4n) is 1.95. The van der Waals surface area contributed by atoms with Gasteiger partial charge in [-0.3, -0.25) is 0 Å². The second kappa shape index (κ2) is 3.89. The summed E-state index contributed by atoms with van der Waals surface area (Å²) in [5.41, 5.74) is 0. The molecule has 1 aliphatic rings. The number of fused-ring (bicyclic) bond motifs is 1. The highest BCUT2D eigenvalue weighted by atomic mass is 16.7. The first-order chi connectivity index (χ1) is 7.93. The Morgan fingerprint density at radius 2 is 1.88 bits per heavy atom. The van der Waals surface area contributed by atoms with Crippen molar-refractivity contribution in [3.05, 3.63) is 54.7 Å². The minimum atomic E-state index is 0.921. The van der Waals surface area contributed by atoms with Crippen LogP contribution >= 0.6 is 0 Å². The van der Waals surface area contributed by atoms with E-state index in [4.69, 9.17) is 4.84 Å². The van der Waals surface area contributed by atoms with Crippen molar-refractivity contribution >= 4 is 10.8 Å². The summed E-state index contributed by atoms with van der Waals surface area (Å²) in [5.74, 6) is 0.921. The zero-order valence-electron chi connectivity index (χ0n) is 8.97. The van der Waals surface area contributed by atoms with Gasteiger partial charge in [0, 0.05) is 11.6 Å². The van der Waals surface area contributed by atoms with Gasteiger partial charge in [-0.2, -0.15) is 0 Å². The largest absolute Gasteiger partial charge is 0.379 e. The van der Waals surface area contributed by atoms with Crippen LogP contribution in [0.3, 0.4) is 0 Å². The Bertz CT molecular complexity index is 528. The van der Waals surface area contributed by atoms with E-state index in [-0.39, 0.29) is 0 Å².